The van der Waals surface area contributed by atoms with Gasteiger partial charge in [0.05, 0.1) is 10.9 Å². The molecule has 3 rings (SSSR count). The molecule has 1 aliphatic rings. The van der Waals surface area contributed by atoms with Gasteiger partial charge in [0.15, 0.2) is 0 Å². The van der Waals surface area contributed by atoms with E-state index in [1.54, 1.807) is 21.9 Å². The molecule has 1 aromatic heterocycles. The molecule has 24 heavy (non-hydrogen) atoms. The summed E-state index contributed by atoms with van der Waals surface area (Å²) in [6, 6.07) is 10.9. The lowest BCUT2D eigenvalue weighted by Crippen LogP contribution is -2.30. The fraction of sp³-hybridized carbons (Fsp3) is 0.294. The Morgan fingerprint density at radius 1 is 1.29 bits per heavy atom. The summed E-state index contributed by atoms with van der Waals surface area (Å²) in [6.45, 7) is 4.41. The summed E-state index contributed by atoms with van der Waals surface area (Å²) in [6.07, 6.45) is 0. The number of carbonyl (C=O) groups excluding carboxylic acids is 2. The first-order chi connectivity index (χ1) is 11.6. The number of hydrogen-bond donors (Lipinski definition) is 1. The zero-order valence-corrected chi connectivity index (χ0v) is 14.9. The first-order valence-corrected chi connectivity index (χ1v) is 8.97. The van der Waals surface area contributed by atoms with Crippen molar-refractivity contribution in [3.8, 4) is 0 Å². The number of anilines is 1. The van der Waals surface area contributed by atoms with Crippen LogP contribution in [0.4, 0.5) is 10.5 Å². The fourth-order valence-electron chi connectivity index (χ4n) is 2.64. The highest BCUT2D eigenvalue weighted by Crippen LogP contribution is 2.24. The normalized spacial score (nSPS) is 13.9. The molecule has 0 radical (unpaired) electrons. The van der Waals surface area contributed by atoms with Crippen molar-refractivity contribution in [1.29, 1.82) is 0 Å². The Labute approximate surface area is 149 Å². The van der Waals surface area contributed by atoms with Crippen LogP contribution in [0.2, 0.25) is 4.34 Å². The van der Waals surface area contributed by atoms with Gasteiger partial charge in [-0.25, -0.2) is 4.79 Å². The minimum atomic E-state index is -0.0983. The highest BCUT2D eigenvalue weighted by molar-refractivity contribution is 7.16. The second-order valence-corrected chi connectivity index (χ2v) is 7.26. The quantitative estimate of drug-likeness (QED) is 0.882. The van der Waals surface area contributed by atoms with Crippen molar-refractivity contribution in [1.82, 2.24) is 10.2 Å². The summed E-state index contributed by atoms with van der Waals surface area (Å²) in [5.74, 6) is -0.0283. The van der Waals surface area contributed by atoms with E-state index >= 15 is 0 Å². The van der Waals surface area contributed by atoms with Crippen molar-refractivity contribution in [2.45, 2.75) is 13.5 Å². The van der Waals surface area contributed by atoms with Crippen LogP contribution in [-0.2, 0) is 6.54 Å². The number of urea groups is 1. The van der Waals surface area contributed by atoms with E-state index in [0.717, 1.165) is 14.9 Å². The van der Waals surface area contributed by atoms with Crippen LogP contribution in [0.5, 0.6) is 0 Å². The molecule has 0 saturated carbocycles. The Morgan fingerprint density at radius 2 is 2.04 bits per heavy atom. The Kier molecular flexibility index (Phi) is 5.06. The Balaban J connectivity index is 1.72. The molecule has 0 spiro atoms. The average molecular weight is 364 g/mol. The minimum Gasteiger partial charge on any atom is -0.336 e. The Hall–Kier alpha value is -2.05. The molecule has 0 atom stereocenters. The van der Waals surface area contributed by atoms with E-state index in [-0.39, 0.29) is 11.9 Å². The van der Waals surface area contributed by atoms with E-state index in [0.29, 0.717) is 31.7 Å². The summed E-state index contributed by atoms with van der Waals surface area (Å²) in [7, 11) is 0. The monoisotopic (exact) mass is 363 g/mol. The lowest BCUT2D eigenvalue weighted by atomic mass is 10.1. The summed E-state index contributed by atoms with van der Waals surface area (Å²) < 4.78 is 0.724. The van der Waals surface area contributed by atoms with Gasteiger partial charge in [0.25, 0.3) is 5.91 Å². The lowest BCUT2D eigenvalue weighted by molar-refractivity contribution is 0.0754. The van der Waals surface area contributed by atoms with E-state index in [4.69, 9.17) is 11.6 Å². The molecule has 0 aliphatic carbocycles. The van der Waals surface area contributed by atoms with Gasteiger partial charge in [0.2, 0.25) is 0 Å². The van der Waals surface area contributed by atoms with Gasteiger partial charge in [0, 0.05) is 35.8 Å². The number of hydrogen-bond acceptors (Lipinski definition) is 3. The maximum atomic E-state index is 12.7. The molecule has 1 fully saturated rings. The molecule has 2 heterocycles. The second-order valence-electron chi connectivity index (χ2n) is 5.46. The maximum Gasteiger partial charge on any atom is 0.321 e. The van der Waals surface area contributed by atoms with Crippen molar-refractivity contribution >= 4 is 40.6 Å². The third kappa shape index (κ3) is 3.55. The van der Waals surface area contributed by atoms with Crippen LogP contribution in [-0.4, -0.2) is 36.5 Å². The first-order valence-electron chi connectivity index (χ1n) is 7.77. The topological polar surface area (TPSA) is 52.7 Å². The molecular weight excluding hydrogens is 346 g/mol. The molecule has 1 aliphatic heterocycles. The number of rotatable bonds is 5. The molecule has 2 aromatic rings. The molecule has 0 unspecified atom stereocenters. The maximum absolute atomic E-state index is 12.7. The van der Waals surface area contributed by atoms with Gasteiger partial charge < -0.3 is 10.2 Å². The van der Waals surface area contributed by atoms with Crippen molar-refractivity contribution in [2.24, 2.45) is 0 Å². The van der Waals surface area contributed by atoms with Crippen LogP contribution >= 0.6 is 22.9 Å². The van der Waals surface area contributed by atoms with Gasteiger partial charge >= 0.3 is 6.03 Å². The summed E-state index contributed by atoms with van der Waals surface area (Å²) >= 11 is 7.44. The summed E-state index contributed by atoms with van der Waals surface area (Å²) in [5, 5.41) is 2.76. The van der Waals surface area contributed by atoms with Crippen LogP contribution in [0.25, 0.3) is 0 Å². The Morgan fingerprint density at radius 3 is 2.58 bits per heavy atom. The first kappa shape index (κ1) is 16.8. The van der Waals surface area contributed by atoms with Crippen LogP contribution < -0.4 is 10.2 Å². The number of carbonyl (C=O) groups is 2. The van der Waals surface area contributed by atoms with Gasteiger partial charge in [-0.1, -0.05) is 11.6 Å². The van der Waals surface area contributed by atoms with Crippen molar-refractivity contribution in [2.75, 3.05) is 24.5 Å². The largest absolute Gasteiger partial charge is 0.336 e. The summed E-state index contributed by atoms with van der Waals surface area (Å²) in [4.78, 5) is 28.9. The summed E-state index contributed by atoms with van der Waals surface area (Å²) in [5.41, 5.74) is 1.41. The second kappa shape index (κ2) is 7.23. The standard InChI is InChI=1S/C17H18ClN3O2S/c1-2-20(11-14-7-8-15(18)24-14)16(22)12-3-5-13(6-4-12)21-10-9-19-17(21)23/h3-8H,2,9-11H2,1H3,(H,19,23). The van der Waals surface area contributed by atoms with Gasteiger partial charge in [0.1, 0.15) is 0 Å². The van der Waals surface area contributed by atoms with Gasteiger partial charge in [-0.05, 0) is 43.3 Å². The molecule has 1 saturated heterocycles. The van der Waals surface area contributed by atoms with Gasteiger partial charge in [-0.15, -0.1) is 11.3 Å². The molecule has 3 amide bonds. The van der Waals surface area contributed by atoms with E-state index in [9.17, 15) is 9.59 Å². The average Bonchev–Trinajstić information content (AvgIpc) is 3.20. The van der Waals surface area contributed by atoms with Crippen molar-refractivity contribution < 1.29 is 9.59 Å². The van der Waals surface area contributed by atoms with Crippen LogP contribution in [0.3, 0.4) is 0 Å². The molecule has 7 heteroatoms. The number of nitrogens with zero attached hydrogens (tertiary/aromatic N) is 2. The van der Waals surface area contributed by atoms with Crippen LogP contribution in [0, 0.1) is 0 Å². The number of halogens is 1. The third-order valence-electron chi connectivity index (χ3n) is 3.93. The van der Waals surface area contributed by atoms with Gasteiger partial charge in [-0.2, -0.15) is 0 Å². The van der Waals surface area contributed by atoms with Crippen molar-refractivity contribution in [3.05, 3.63) is 51.2 Å². The van der Waals surface area contributed by atoms with Gasteiger partial charge in [-0.3, -0.25) is 9.69 Å². The molecule has 5 nitrogen and oxygen atoms in total. The highest BCUT2D eigenvalue weighted by Gasteiger charge is 2.22. The van der Waals surface area contributed by atoms with E-state index in [1.807, 2.05) is 31.2 Å². The number of amides is 3. The third-order valence-corrected chi connectivity index (χ3v) is 5.14. The lowest BCUT2D eigenvalue weighted by Gasteiger charge is -2.21. The zero-order chi connectivity index (χ0) is 17.1. The molecule has 0 bridgehead atoms. The van der Waals surface area contributed by atoms with Crippen molar-refractivity contribution in [3.63, 3.8) is 0 Å². The number of nitrogens with one attached hydrogen (secondary N) is 1. The number of thiophene rings is 1. The molecule has 1 N–H and O–H groups in total. The predicted octanol–water partition coefficient (Wildman–Crippen LogP) is 3.59. The van der Waals surface area contributed by atoms with E-state index < -0.39 is 0 Å². The molecule has 126 valence electrons. The molecule has 1 aromatic carbocycles. The Bertz CT molecular complexity index is 745. The number of benzene rings is 1. The fourth-order valence-corrected chi connectivity index (χ4v) is 3.74. The SMILES string of the molecule is CCN(Cc1ccc(Cl)s1)C(=O)c1ccc(N2CCNC2=O)cc1. The van der Waals surface area contributed by atoms with E-state index in [2.05, 4.69) is 5.32 Å². The highest BCUT2D eigenvalue weighted by atomic mass is 35.5. The zero-order valence-electron chi connectivity index (χ0n) is 13.3. The molecular formula is C17H18ClN3O2S. The van der Waals surface area contributed by atoms with Crippen LogP contribution in [0.1, 0.15) is 22.2 Å². The van der Waals surface area contributed by atoms with E-state index in [1.165, 1.54) is 11.3 Å². The minimum absolute atomic E-state index is 0.0283. The predicted molar refractivity (Wildman–Crippen MR) is 96.9 cm³/mol. The van der Waals surface area contributed by atoms with Crippen LogP contribution in [0.15, 0.2) is 36.4 Å². The smallest absolute Gasteiger partial charge is 0.321 e.